The van der Waals surface area contributed by atoms with Gasteiger partial charge in [-0.25, -0.2) is 0 Å². The van der Waals surface area contributed by atoms with Crippen LogP contribution in [0.5, 0.6) is 0 Å². The molecule has 0 saturated carbocycles. The number of aliphatic imine (C=N–C) groups is 1. The third kappa shape index (κ3) is 9.18. The van der Waals surface area contributed by atoms with Gasteiger partial charge in [0.2, 0.25) is 5.91 Å². The fourth-order valence-corrected chi connectivity index (χ4v) is 2.26. The van der Waals surface area contributed by atoms with Crippen LogP contribution in [-0.2, 0) is 11.3 Å². The first kappa shape index (κ1) is 20.0. The number of benzene rings is 1. The summed E-state index contributed by atoms with van der Waals surface area (Å²) < 4.78 is 0. The minimum atomic E-state index is 0.0367. The van der Waals surface area contributed by atoms with Gasteiger partial charge in [-0.15, -0.1) is 0 Å². The van der Waals surface area contributed by atoms with Crippen molar-refractivity contribution in [3.8, 4) is 0 Å². The second-order valence-corrected chi connectivity index (χ2v) is 6.53. The third-order valence-electron chi connectivity index (χ3n) is 3.76. The largest absolute Gasteiger partial charge is 0.356 e. The maximum absolute atomic E-state index is 11.9. The van der Waals surface area contributed by atoms with E-state index in [-0.39, 0.29) is 5.91 Å². The molecule has 1 atom stereocenters. The van der Waals surface area contributed by atoms with E-state index in [1.54, 1.807) is 7.05 Å². The van der Waals surface area contributed by atoms with E-state index in [1.165, 1.54) is 6.42 Å². The van der Waals surface area contributed by atoms with E-state index in [1.807, 2.05) is 30.3 Å². The number of amides is 1. The zero-order chi connectivity index (χ0) is 17.8. The SMILES string of the molecule is CN=C(NCCC(=O)NCc1ccccc1)NC(C)CCC(C)C. The van der Waals surface area contributed by atoms with E-state index in [9.17, 15) is 4.79 Å². The molecule has 134 valence electrons. The van der Waals surface area contributed by atoms with Crippen molar-refractivity contribution in [3.05, 3.63) is 35.9 Å². The molecule has 0 spiro atoms. The van der Waals surface area contributed by atoms with Crippen LogP contribution in [0.4, 0.5) is 0 Å². The van der Waals surface area contributed by atoms with Crippen molar-refractivity contribution in [2.24, 2.45) is 10.9 Å². The summed E-state index contributed by atoms with van der Waals surface area (Å²) in [6.07, 6.45) is 2.72. The fraction of sp³-hybridized carbons (Fsp3) is 0.579. The summed E-state index contributed by atoms with van der Waals surface area (Å²) in [5, 5.41) is 9.48. The number of nitrogens with one attached hydrogen (secondary N) is 3. The average Bonchev–Trinajstić information content (AvgIpc) is 2.58. The summed E-state index contributed by atoms with van der Waals surface area (Å²) >= 11 is 0. The van der Waals surface area contributed by atoms with Gasteiger partial charge in [-0.05, 0) is 31.2 Å². The van der Waals surface area contributed by atoms with Crippen LogP contribution >= 0.6 is 0 Å². The Morgan fingerprint density at radius 3 is 2.42 bits per heavy atom. The number of carbonyl (C=O) groups is 1. The Hall–Kier alpha value is -2.04. The van der Waals surface area contributed by atoms with Crippen molar-refractivity contribution in [2.45, 2.75) is 52.6 Å². The molecule has 5 nitrogen and oxygen atoms in total. The summed E-state index contributed by atoms with van der Waals surface area (Å²) in [5.41, 5.74) is 1.11. The van der Waals surface area contributed by atoms with Gasteiger partial charge in [-0.2, -0.15) is 0 Å². The van der Waals surface area contributed by atoms with Crippen LogP contribution in [0.3, 0.4) is 0 Å². The quantitative estimate of drug-likeness (QED) is 0.481. The number of guanidine groups is 1. The molecule has 24 heavy (non-hydrogen) atoms. The minimum absolute atomic E-state index is 0.0367. The Morgan fingerprint density at radius 2 is 1.79 bits per heavy atom. The fourth-order valence-electron chi connectivity index (χ4n) is 2.26. The molecule has 0 bridgehead atoms. The standard InChI is InChI=1S/C19H32N4O/c1-15(2)10-11-16(3)23-19(20-4)21-13-12-18(24)22-14-17-8-6-5-7-9-17/h5-9,15-16H,10-14H2,1-4H3,(H,22,24)(H2,20,21,23). The topological polar surface area (TPSA) is 65.5 Å². The second kappa shape index (κ2) is 11.5. The Morgan fingerprint density at radius 1 is 1.08 bits per heavy atom. The summed E-state index contributed by atoms with van der Waals surface area (Å²) in [7, 11) is 1.75. The number of carbonyl (C=O) groups excluding carboxylic acids is 1. The van der Waals surface area contributed by atoms with Gasteiger partial charge >= 0.3 is 0 Å². The van der Waals surface area contributed by atoms with Crippen LogP contribution in [-0.4, -0.2) is 31.5 Å². The van der Waals surface area contributed by atoms with E-state index in [2.05, 4.69) is 41.7 Å². The molecule has 0 fully saturated rings. The lowest BCUT2D eigenvalue weighted by Crippen LogP contribution is -2.43. The Bertz CT molecular complexity index is 499. The molecule has 0 aliphatic heterocycles. The van der Waals surface area contributed by atoms with Crippen LogP contribution < -0.4 is 16.0 Å². The highest BCUT2D eigenvalue weighted by molar-refractivity contribution is 5.81. The number of hydrogen-bond acceptors (Lipinski definition) is 2. The van der Waals surface area contributed by atoms with Gasteiger partial charge in [-0.3, -0.25) is 9.79 Å². The number of nitrogens with zero attached hydrogens (tertiary/aromatic N) is 1. The van der Waals surface area contributed by atoms with Crippen LogP contribution in [0.15, 0.2) is 35.3 Å². The highest BCUT2D eigenvalue weighted by atomic mass is 16.1. The van der Waals surface area contributed by atoms with Crippen molar-refractivity contribution in [1.82, 2.24) is 16.0 Å². The van der Waals surface area contributed by atoms with Crippen LogP contribution in [0.1, 0.15) is 45.6 Å². The maximum Gasteiger partial charge on any atom is 0.222 e. The number of rotatable bonds is 9. The molecule has 0 radical (unpaired) electrons. The van der Waals surface area contributed by atoms with Gasteiger partial charge < -0.3 is 16.0 Å². The predicted octanol–water partition coefficient (Wildman–Crippen LogP) is 2.68. The molecule has 0 aromatic heterocycles. The van der Waals surface area contributed by atoms with Gasteiger partial charge in [0.05, 0.1) is 0 Å². The van der Waals surface area contributed by atoms with Crippen molar-refractivity contribution < 1.29 is 4.79 Å². The van der Waals surface area contributed by atoms with Crippen molar-refractivity contribution >= 4 is 11.9 Å². The number of hydrogen-bond donors (Lipinski definition) is 3. The van der Waals surface area contributed by atoms with Crippen LogP contribution in [0, 0.1) is 5.92 Å². The molecule has 0 heterocycles. The van der Waals surface area contributed by atoms with E-state index >= 15 is 0 Å². The zero-order valence-electron chi connectivity index (χ0n) is 15.4. The van der Waals surface area contributed by atoms with Crippen molar-refractivity contribution in [3.63, 3.8) is 0 Å². The normalized spacial score (nSPS) is 12.8. The Kier molecular flexibility index (Phi) is 9.58. The van der Waals surface area contributed by atoms with E-state index in [0.717, 1.165) is 17.9 Å². The molecule has 1 rings (SSSR count). The predicted molar refractivity (Wildman–Crippen MR) is 101 cm³/mol. The third-order valence-corrected chi connectivity index (χ3v) is 3.76. The highest BCUT2D eigenvalue weighted by Gasteiger charge is 2.07. The molecular weight excluding hydrogens is 300 g/mol. The molecule has 0 aliphatic carbocycles. The lowest BCUT2D eigenvalue weighted by molar-refractivity contribution is -0.121. The first-order valence-corrected chi connectivity index (χ1v) is 8.79. The molecule has 3 N–H and O–H groups in total. The molecule has 1 amide bonds. The smallest absolute Gasteiger partial charge is 0.222 e. The molecule has 1 aromatic rings. The Balaban J connectivity index is 2.20. The summed E-state index contributed by atoms with van der Waals surface area (Å²) in [6.45, 7) is 7.75. The van der Waals surface area contributed by atoms with E-state index in [0.29, 0.717) is 31.5 Å². The first-order chi connectivity index (χ1) is 11.5. The van der Waals surface area contributed by atoms with Crippen LogP contribution in [0.2, 0.25) is 0 Å². The van der Waals surface area contributed by atoms with Gasteiger partial charge in [0.1, 0.15) is 0 Å². The van der Waals surface area contributed by atoms with Gasteiger partial charge in [0, 0.05) is 32.6 Å². The van der Waals surface area contributed by atoms with Gasteiger partial charge in [0.15, 0.2) is 5.96 Å². The molecule has 5 heteroatoms. The van der Waals surface area contributed by atoms with E-state index in [4.69, 9.17) is 0 Å². The molecule has 1 aromatic carbocycles. The zero-order valence-corrected chi connectivity index (χ0v) is 15.4. The first-order valence-electron chi connectivity index (χ1n) is 8.79. The molecule has 0 aliphatic rings. The molecule has 1 unspecified atom stereocenters. The monoisotopic (exact) mass is 332 g/mol. The summed E-state index contributed by atoms with van der Waals surface area (Å²) in [6, 6.07) is 10.3. The summed E-state index contributed by atoms with van der Waals surface area (Å²) in [4.78, 5) is 16.1. The maximum atomic E-state index is 11.9. The average molecular weight is 332 g/mol. The van der Waals surface area contributed by atoms with Crippen molar-refractivity contribution in [1.29, 1.82) is 0 Å². The highest BCUT2D eigenvalue weighted by Crippen LogP contribution is 2.06. The summed E-state index contributed by atoms with van der Waals surface area (Å²) in [5.74, 6) is 1.49. The lowest BCUT2D eigenvalue weighted by atomic mass is 10.0. The Labute approximate surface area is 146 Å². The van der Waals surface area contributed by atoms with Crippen molar-refractivity contribution in [2.75, 3.05) is 13.6 Å². The molecule has 0 saturated heterocycles. The second-order valence-electron chi connectivity index (χ2n) is 6.53. The molecular formula is C19H32N4O. The lowest BCUT2D eigenvalue weighted by Gasteiger charge is -2.18. The van der Waals surface area contributed by atoms with Gasteiger partial charge in [-0.1, -0.05) is 44.2 Å². The minimum Gasteiger partial charge on any atom is -0.356 e. The van der Waals surface area contributed by atoms with E-state index < -0.39 is 0 Å². The van der Waals surface area contributed by atoms with Gasteiger partial charge in [0.25, 0.3) is 0 Å². The van der Waals surface area contributed by atoms with Crippen LogP contribution in [0.25, 0.3) is 0 Å².